The van der Waals surface area contributed by atoms with Crippen LogP contribution in [0.3, 0.4) is 0 Å². The topological polar surface area (TPSA) is 75.3 Å². The third kappa shape index (κ3) is 4.99. The Bertz CT molecular complexity index is 924. The first-order valence-corrected chi connectivity index (χ1v) is 10.1. The van der Waals surface area contributed by atoms with E-state index in [0.717, 1.165) is 0 Å². The summed E-state index contributed by atoms with van der Waals surface area (Å²) in [6.07, 6.45) is 0. The van der Waals surface area contributed by atoms with Crippen molar-refractivity contribution in [2.75, 3.05) is 11.3 Å². The number of benzene rings is 2. The molecular formula is C19H23ClN2O3S. The Morgan fingerprint density at radius 2 is 1.77 bits per heavy atom. The zero-order valence-corrected chi connectivity index (χ0v) is 16.8. The van der Waals surface area contributed by atoms with E-state index in [-0.39, 0.29) is 10.8 Å². The van der Waals surface area contributed by atoms with Gasteiger partial charge < -0.3 is 5.32 Å². The summed E-state index contributed by atoms with van der Waals surface area (Å²) < 4.78 is 28.0. The monoisotopic (exact) mass is 394 g/mol. The molecule has 7 heteroatoms. The van der Waals surface area contributed by atoms with Crippen molar-refractivity contribution in [2.24, 2.45) is 5.92 Å². The minimum Gasteiger partial charge on any atom is -0.352 e. The molecule has 0 spiro atoms. The molecule has 0 bridgehead atoms. The van der Waals surface area contributed by atoms with E-state index in [1.54, 1.807) is 38.1 Å². The molecule has 5 nitrogen and oxygen atoms in total. The lowest BCUT2D eigenvalue weighted by Gasteiger charge is -2.13. The number of hydrogen-bond acceptors (Lipinski definition) is 3. The number of rotatable bonds is 6. The third-order valence-electron chi connectivity index (χ3n) is 3.87. The van der Waals surface area contributed by atoms with E-state index in [2.05, 4.69) is 10.0 Å². The number of amides is 1. The fourth-order valence-corrected chi connectivity index (χ4v) is 3.73. The number of carbonyl (C=O) groups excluding carboxylic acids is 1. The quantitative estimate of drug-likeness (QED) is 0.772. The Labute approximate surface area is 159 Å². The van der Waals surface area contributed by atoms with Crippen LogP contribution in [0.15, 0.2) is 41.3 Å². The maximum atomic E-state index is 12.7. The zero-order chi connectivity index (χ0) is 19.5. The van der Waals surface area contributed by atoms with Crippen LogP contribution < -0.4 is 10.0 Å². The van der Waals surface area contributed by atoms with E-state index >= 15 is 0 Å². The van der Waals surface area contributed by atoms with Gasteiger partial charge in [0.1, 0.15) is 0 Å². The highest BCUT2D eigenvalue weighted by Crippen LogP contribution is 2.24. The van der Waals surface area contributed by atoms with Gasteiger partial charge >= 0.3 is 0 Å². The maximum absolute atomic E-state index is 12.7. The Morgan fingerprint density at radius 3 is 2.38 bits per heavy atom. The number of anilines is 1. The lowest BCUT2D eigenvalue weighted by Crippen LogP contribution is -2.28. The minimum atomic E-state index is -3.83. The predicted octanol–water partition coefficient (Wildman–Crippen LogP) is 4.14. The summed E-state index contributed by atoms with van der Waals surface area (Å²) in [5.41, 5.74) is 2.22. The second-order valence-electron chi connectivity index (χ2n) is 6.65. The molecule has 0 aliphatic carbocycles. The number of carbonyl (C=O) groups is 1. The molecule has 0 fully saturated rings. The molecule has 26 heavy (non-hydrogen) atoms. The van der Waals surface area contributed by atoms with E-state index in [0.29, 0.717) is 39.9 Å². The first-order chi connectivity index (χ1) is 12.1. The Hall–Kier alpha value is -2.05. The van der Waals surface area contributed by atoms with Crippen molar-refractivity contribution >= 4 is 33.2 Å². The average molecular weight is 395 g/mol. The summed E-state index contributed by atoms with van der Waals surface area (Å²) in [7, 11) is -3.83. The first kappa shape index (κ1) is 20.3. The lowest BCUT2D eigenvalue weighted by molar-refractivity contribution is 0.0948. The highest BCUT2D eigenvalue weighted by atomic mass is 35.5. The van der Waals surface area contributed by atoms with Gasteiger partial charge in [-0.3, -0.25) is 9.52 Å². The van der Waals surface area contributed by atoms with E-state index in [1.165, 1.54) is 12.1 Å². The van der Waals surface area contributed by atoms with Crippen molar-refractivity contribution in [1.82, 2.24) is 5.32 Å². The van der Waals surface area contributed by atoms with E-state index in [1.807, 2.05) is 13.8 Å². The van der Waals surface area contributed by atoms with Crippen LogP contribution in [0.25, 0.3) is 0 Å². The van der Waals surface area contributed by atoms with Crippen LogP contribution in [0.2, 0.25) is 5.02 Å². The molecule has 2 aromatic rings. The molecule has 0 saturated heterocycles. The normalized spacial score (nSPS) is 11.5. The van der Waals surface area contributed by atoms with Crippen molar-refractivity contribution < 1.29 is 13.2 Å². The molecule has 0 aliphatic rings. The van der Waals surface area contributed by atoms with Crippen molar-refractivity contribution in [3.63, 3.8) is 0 Å². The van der Waals surface area contributed by atoms with E-state index in [4.69, 9.17) is 11.6 Å². The average Bonchev–Trinajstić information content (AvgIpc) is 2.55. The van der Waals surface area contributed by atoms with Crippen molar-refractivity contribution in [3.8, 4) is 0 Å². The second-order valence-corrected chi connectivity index (χ2v) is 8.76. The van der Waals surface area contributed by atoms with Crippen LogP contribution in [0.1, 0.15) is 35.3 Å². The van der Waals surface area contributed by atoms with E-state index < -0.39 is 10.0 Å². The highest BCUT2D eigenvalue weighted by Gasteiger charge is 2.19. The highest BCUT2D eigenvalue weighted by molar-refractivity contribution is 7.92. The SMILES string of the molecule is Cc1cc(Cl)ccc1NS(=O)(=O)c1ccc(C)c(C(=O)NCC(C)C)c1. The van der Waals surface area contributed by atoms with Gasteiger partial charge in [0.2, 0.25) is 0 Å². The molecule has 0 aromatic heterocycles. The fraction of sp³-hybridized carbons (Fsp3) is 0.316. The van der Waals surface area contributed by atoms with Crippen LogP contribution in [0.5, 0.6) is 0 Å². The van der Waals surface area contributed by atoms with Crippen LogP contribution in [-0.2, 0) is 10.0 Å². The summed E-state index contributed by atoms with van der Waals surface area (Å²) in [6, 6.07) is 9.43. The molecule has 2 rings (SSSR count). The van der Waals surface area contributed by atoms with Crippen LogP contribution >= 0.6 is 11.6 Å². The van der Waals surface area contributed by atoms with Crippen LogP contribution in [0.4, 0.5) is 5.69 Å². The maximum Gasteiger partial charge on any atom is 0.261 e. The number of aryl methyl sites for hydroxylation is 2. The molecule has 2 N–H and O–H groups in total. The summed E-state index contributed by atoms with van der Waals surface area (Å²) in [4.78, 5) is 12.4. The predicted molar refractivity (Wildman–Crippen MR) is 105 cm³/mol. The molecule has 0 aliphatic heterocycles. The largest absolute Gasteiger partial charge is 0.352 e. The molecule has 0 radical (unpaired) electrons. The standard InChI is InChI=1S/C19H23ClN2O3S/c1-12(2)11-21-19(23)17-10-16(7-5-13(17)3)26(24,25)22-18-8-6-15(20)9-14(18)4/h5-10,12,22H,11H2,1-4H3,(H,21,23). The molecule has 0 heterocycles. The lowest BCUT2D eigenvalue weighted by atomic mass is 10.1. The van der Waals surface area contributed by atoms with Crippen molar-refractivity contribution in [1.29, 1.82) is 0 Å². The number of halogens is 1. The summed E-state index contributed by atoms with van der Waals surface area (Å²) in [5, 5.41) is 3.35. The number of sulfonamides is 1. The second kappa shape index (κ2) is 8.10. The van der Waals surface area contributed by atoms with Gasteiger partial charge in [-0.15, -0.1) is 0 Å². The van der Waals surface area contributed by atoms with Gasteiger partial charge in [-0.1, -0.05) is 31.5 Å². The van der Waals surface area contributed by atoms with Gasteiger partial charge in [0.15, 0.2) is 0 Å². The summed E-state index contributed by atoms with van der Waals surface area (Å²) in [6.45, 7) is 8.05. The van der Waals surface area contributed by atoms with Gasteiger partial charge in [-0.05, 0) is 61.2 Å². The molecule has 0 unspecified atom stereocenters. The van der Waals surface area contributed by atoms with Gasteiger partial charge in [0.05, 0.1) is 10.6 Å². The fourth-order valence-electron chi connectivity index (χ4n) is 2.35. The minimum absolute atomic E-state index is 0.0344. The summed E-state index contributed by atoms with van der Waals surface area (Å²) >= 11 is 5.91. The van der Waals surface area contributed by atoms with E-state index in [9.17, 15) is 13.2 Å². The molecule has 0 saturated carbocycles. The zero-order valence-electron chi connectivity index (χ0n) is 15.3. The molecule has 140 valence electrons. The number of hydrogen-bond donors (Lipinski definition) is 2. The Balaban J connectivity index is 2.32. The molecular weight excluding hydrogens is 372 g/mol. The molecule has 1 amide bonds. The Morgan fingerprint density at radius 1 is 1.08 bits per heavy atom. The smallest absolute Gasteiger partial charge is 0.261 e. The van der Waals surface area contributed by atoms with Gasteiger partial charge in [-0.2, -0.15) is 0 Å². The summed E-state index contributed by atoms with van der Waals surface area (Å²) in [5.74, 6) is 0.0247. The van der Waals surface area contributed by atoms with Crippen LogP contribution in [0, 0.1) is 19.8 Å². The Kier molecular flexibility index (Phi) is 6.31. The number of nitrogens with one attached hydrogen (secondary N) is 2. The van der Waals surface area contributed by atoms with Gasteiger partial charge in [0, 0.05) is 17.1 Å². The molecule has 0 atom stereocenters. The van der Waals surface area contributed by atoms with Crippen LogP contribution in [-0.4, -0.2) is 20.9 Å². The third-order valence-corrected chi connectivity index (χ3v) is 5.47. The van der Waals surface area contributed by atoms with Crippen molar-refractivity contribution in [2.45, 2.75) is 32.6 Å². The van der Waals surface area contributed by atoms with Crippen molar-refractivity contribution in [3.05, 3.63) is 58.1 Å². The van der Waals surface area contributed by atoms with Gasteiger partial charge in [-0.25, -0.2) is 8.42 Å². The molecule has 2 aromatic carbocycles. The van der Waals surface area contributed by atoms with Gasteiger partial charge in [0.25, 0.3) is 15.9 Å². The first-order valence-electron chi connectivity index (χ1n) is 8.28.